The molecule has 298 valence electrons. The second kappa shape index (κ2) is 26.5. The molecule has 0 aliphatic carbocycles. The average molecular weight is 747 g/mol. The number of rotatable bonds is 22. The number of hydrogen-bond acceptors (Lipinski definition) is 3. The van der Waals surface area contributed by atoms with Gasteiger partial charge in [0.05, 0.1) is 52.4 Å². The smallest absolute Gasteiger partial charge is 0.271 e. The molecule has 0 spiro atoms. The van der Waals surface area contributed by atoms with Crippen molar-refractivity contribution in [1.29, 1.82) is 0 Å². The molecule has 0 fully saturated rings. The molecule has 0 aromatic heterocycles. The van der Waals surface area contributed by atoms with Crippen LogP contribution in [0.1, 0.15) is 131 Å². The van der Waals surface area contributed by atoms with E-state index in [0.29, 0.717) is 0 Å². The van der Waals surface area contributed by atoms with Gasteiger partial charge >= 0.3 is 0 Å². The Labute approximate surface area is 329 Å². The van der Waals surface area contributed by atoms with Gasteiger partial charge in [-0.15, -0.1) is 0 Å². The van der Waals surface area contributed by atoms with E-state index >= 15 is 0 Å². The highest BCUT2D eigenvalue weighted by Gasteiger charge is 2.42. The molecule has 0 aliphatic heterocycles. The van der Waals surface area contributed by atoms with Crippen molar-refractivity contribution in [2.45, 2.75) is 134 Å². The highest BCUT2D eigenvalue weighted by molar-refractivity contribution is 7.09. The third kappa shape index (κ3) is 14.1. The SMILES string of the molecule is CCCCc1ccc([Si](OB([O-])[O-])(c2ccccc2)c2ccccc2)c(CCCC)c1CCCC.CC[N+](CC)(CC)CC.CC[N+](CC)(CC)CC. The summed E-state index contributed by atoms with van der Waals surface area (Å²) in [6, 6.07) is 24.4. The molecule has 53 heavy (non-hydrogen) atoms. The zero-order valence-corrected chi connectivity index (χ0v) is 37.1. The molecule has 0 heterocycles. The van der Waals surface area contributed by atoms with Crippen LogP contribution in [0.3, 0.4) is 0 Å². The van der Waals surface area contributed by atoms with E-state index in [1.165, 1.54) is 78.0 Å². The van der Waals surface area contributed by atoms with E-state index in [9.17, 15) is 10.0 Å². The van der Waals surface area contributed by atoms with Crippen molar-refractivity contribution in [2.75, 3.05) is 52.4 Å². The van der Waals surface area contributed by atoms with E-state index in [4.69, 9.17) is 4.34 Å². The summed E-state index contributed by atoms with van der Waals surface area (Å²) in [7, 11) is -5.69. The molecule has 0 aliphatic rings. The van der Waals surface area contributed by atoms with Crippen LogP contribution in [0.4, 0.5) is 0 Å². The lowest BCUT2D eigenvalue weighted by Crippen LogP contribution is -2.74. The van der Waals surface area contributed by atoms with Gasteiger partial charge < -0.3 is 23.4 Å². The highest BCUT2D eigenvalue weighted by atomic mass is 28.4. The number of nitrogens with zero attached hydrogens (tertiary/aromatic N) is 2. The molecule has 0 saturated carbocycles. The first-order valence-corrected chi connectivity index (χ1v) is 23.4. The minimum atomic E-state index is -3.33. The standard InChI is InChI=1S/C30H39BO3Si.2C8H20N/c1-4-7-16-25-23-24-30(29(22-9-6-3)28(25)21-8-5-2)35(34-31(32)33,26-17-12-10-13-18-26)27-19-14-11-15-20-27;2*1-5-9(6-2,7-3)8-4/h10-15,17-20,23-24H,4-9,16,21-22H2,1-3H3;2*5-8H2,1-4H3/q-2;2*+1. The minimum Gasteiger partial charge on any atom is -0.872 e. The summed E-state index contributed by atoms with van der Waals surface area (Å²) in [6.45, 7) is 35.1. The Bertz CT molecular complexity index is 1250. The van der Waals surface area contributed by atoms with Gasteiger partial charge in [-0.05, 0) is 126 Å². The molecule has 3 aromatic rings. The lowest BCUT2D eigenvalue weighted by Gasteiger charge is -2.43. The molecule has 7 heteroatoms. The molecule has 0 unspecified atom stereocenters. The fourth-order valence-electron chi connectivity index (χ4n) is 7.83. The fraction of sp³-hybridized carbons (Fsp3) is 0.609. The Hall–Kier alpha value is -2.26. The molecule has 0 bridgehead atoms. The van der Waals surface area contributed by atoms with Crippen LogP contribution in [0.15, 0.2) is 72.8 Å². The van der Waals surface area contributed by atoms with Crippen molar-refractivity contribution in [3.05, 3.63) is 89.5 Å². The van der Waals surface area contributed by atoms with Crippen LogP contribution in [0, 0.1) is 0 Å². The van der Waals surface area contributed by atoms with Crippen LogP contribution in [-0.4, -0.2) is 77.0 Å². The van der Waals surface area contributed by atoms with E-state index in [1.54, 1.807) is 0 Å². The van der Waals surface area contributed by atoms with Gasteiger partial charge in [0, 0.05) is 7.32 Å². The summed E-state index contributed by atoms with van der Waals surface area (Å²) in [5.41, 5.74) is 4.15. The molecule has 0 N–H and O–H groups in total. The number of unbranched alkanes of at least 4 members (excludes halogenated alkanes) is 3. The molecule has 0 atom stereocenters. The van der Waals surface area contributed by atoms with Crippen molar-refractivity contribution in [3.8, 4) is 0 Å². The Morgan fingerprint density at radius 1 is 0.472 bits per heavy atom. The van der Waals surface area contributed by atoms with Crippen molar-refractivity contribution in [2.24, 2.45) is 0 Å². The summed E-state index contributed by atoms with van der Waals surface area (Å²) >= 11 is 0. The first-order chi connectivity index (χ1) is 25.6. The first-order valence-electron chi connectivity index (χ1n) is 21.5. The van der Waals surface area contributed by atoms with Crippen LogP contribution in [0.2, 0.25) is 0 Å². The summed E-state index contributed by atoms with van der Waals surface area (Å²) in [5, 5.41) is 27.6. The predicted molar refractivity (Wildman–Crippen MR) is 232 cm³/mol. The quantitative estimate of drug-likeness (QED) is 0.0623. The van der Waals surface area contributed by atoms with E-state index < -0.39 is 15.6 Å². The summed E-state index contributed by atoms with van der Waals surface area (Å²) in [5.74, 6) is 0. The zero-order valence-electron chi connectivity index (χ0n) is 36.1. The number of hydrogen-bond donors (Lipinski definition) is 0. The maximum Gasteiger partial charge on any atom is 0.271 e. The van der Waals surface area contributed by atoms with Gasteiger partial charge in [-0.1, -0.05) is 113 Å². The van der Waals surface area contributed by atoms with Crippen LogP contribution < -0.4 is 25.6 Å². The Morgan fingerprint density at radius 2 is 0.830 bits per heavy atom. The number of aryl methyl sites for hydroxylation is 1. The molecule has 5 nitrogen and oxygen atoms in total. The fourth-order valence-corrected chi connectivity index (χ4v) is 11.8. The third-order valence-corrected chi connectivity index (χ3v) is 16.3. The van der Waals surface area contributed by atoms with Crippen molar-refractivity contribution < 1.29 is 23.4 Å². The molecular weight excluding hydrogens is 667 g/mol. The van der Waals surface area contributed by atoms with E-state index in [1.807, 2.05) is 60.7 Å². The molecule has 0 radical (unpaired) electrons. The monoisotopic (exact) mass is 747 g/mol. The second-order valence-corrected chi connectivity index (χ2v) is 17.9. The zero-order chi connectivity index (χ0) is 39.8. The predicted octanol–water partition coefficient (Wildman–Crippen LogP) is 7.17. The minimum absolute atomic E-state index is 0.936. The summed E-state index contributed by atoms with van der Waals surface area (Å²) < 4.78 is 8.68. The summed E-state index contributed by atoms with van der Waals surface area (Å²) in [6.07, 6.45) is 9.74. The van der Waals surface area contributed by atoms with Gasteiger partial charge in [-0.3, -0.25) is 0 Å². The first kappa shape index (κ1) is 48.8. The normalized spacial score (nSPS) is 11.7. The van der Waals surface area contributed by atoms with Crippen LogP contribution >= 0.6 is 0 Å². The topological polar surface area (TPSA) is 55.3 Å². The van der Waals surface area contributed by atoms with Gasteiger partial charge in [-0.2, -0.15) is 0 Å². The maximum atomic E-state index is 12.3. The second-order valence-electron chi connectivity index (χ2n) is 14.6. The molecule has 3 rings (SSSR count). The third-order valence-electron chi connectivity index (χ3n) is 12.3. The van der Waals surface area contributed by atoms with Gasteiger partial charge in [-0.25, -0.2) is 0 Å². The molecular formula is C46H79BN2O3Si. The molecule has 0 saturated heterocycles. The Balaban J connectivity index is 0.000000641. The lowest BCUT2D eigenvalue weighted by atomic mass is 9.91. The van der Waals surface area contributed by atoms with Crippen molar-refractivity contribution in [3.63, 3.8) is 0 Å². The maximum absolute atomic E-state index is 12.3. The van der Waals surface area contributed by atoms with Crippen molar-refractivity contribution >= 4 is 31.2 Å². The highest BCUT2D eigenvalue weighted by Crippen LogP contribution is 2.24. The Morgan fingerprint density at radius 3 is 1.15 bits per heavy atom. The van der Waals surface area contributed by atoms with E-state index in [2.05, 4.69) is 88.3 Å². The van der Waals surface area contributed by atoms with Crippen LogP contribution in [0.25, 0.3) is 0 Å². The average Bonchev–Trinajstić information content (AvgIpc) is 3.21. The number of benzene rings is 3. The lowest BCUT2D eigenvalue weighted by molar-refractivity contribution is -0.921. The Kier molecular flexibility index (Phi) is 24.4. The van der Waals surface area contributed by atoms with Gasteiger partial charge in [0.2, 0.25) is 0 Å². The van der Waals surface area contributed by atoms with E-state index in [0.717, 1.165) is 73.3 Å². The number of quaternary nitrogens is 2. The molecule has 3 aromatic carbocycles. The van der Waals surface area contributed by atoms with E-state index in [-0.39, 0.29) is 0 Å². The van der Waals surface area contributed by atoms with Gasteiger partial charge in [0.15, 0.2) is 0 Å². The van der Waals surface area contributed by atoms with Crippen molar-refractivity contribution in [1.82, 2.24) is 0 Å². The largest absolute Gasteiger partial charge is 0.872 e. The summed E-state index contributed by atoms with van der Waals surface area (Å²) in [4.78, 5) is 0. The molecule has 0 amide bonds. The van der Waals surface area contributed by atoms with Crippen LogP contribution in [0.5, 0.6) is 0 Å². The van der Waals surface area contributed by atoms with Crippen LogP contribution in [-0.2, 0) is 23.6 Å². The van der Waals surface area contributed by atoms with Gasteiger partial charge in [0.25, 0.3) is 8.32 Å². The van der Waals surface area contributed by atoms with Gasteiger partial charge in [0.1, 0.15) is 0 Å².